The van der Waals surface area contributed by atoms with Crippen LogP contribution in [-0.2, 0) is 0 Å². The number of para-hydroxylation sites is 1. The summed E-state index contributed by atoms with van der Waals surface area (Å²) in [5, 5.41) is 3.57. The molecule has 0 unspecified atom stereocenters. The van der Waals surface area contributed by atoms with Gasteiger partial charge in [0, 0.05) is 18.5 Å². The molecule has 1 heterocycles. The number of rotatable bonds is 5. The summed E-state index contributed by atoms with van der Waals surface area (Å²) in [5.41, 5.74) is 0.523. The van der Waals surface area contributed by atoms with E-state index in [0.29, 0.717) is 17.9 Å². The van der Waals surface area contributed by atoms with Gasteiger partial charge in [-0.2, -0.15) is 0 Å². The molecule has 6 nitrogen and oxygen atoms in total. The van der Waals surface area contributed by atoms with E-state index in [-0.39, 0.29) is 6.03 Å². The van der Waals surface area contributed by atoms with Gasteiger partial charge in [-0.15, -0.1) is 0 Å². The minimum Gasteiger partial charge on any atom is -0.423 e. The van der Waals surface area contributed by atoms with Crippen molar-refractivity contribution in [2.45, 2.75) is 13.8 Å². The molecule has 0 aliphatic carbocycles. The first-order chi connectivity index (χ1) is 10.6. The van der Waals surface area contributed by atoms with Crippen LogP contribution in [0, 0.1) is 0 Å². The van der Waals surface area contributed by atoms with Crippen LogP contribution in [0.2, 0.25) is 0 Å². The summed E-state index contributed by atoms with van der Waals surface area (Å²) in [6, 6.07) is 8.23. The van der Waals surface area contributed by atoms with E-state index in [1.807, 2.05) is 26.0 Å². The molecule has 0 fully saturated rings. The van der Waals surface area contributed by atoms with Gasteiger partial charge in [0.2, 0.25) is 0 Å². The first-order valence-corrected chi connectivity index (χ1v) is 7.33. The normalized spacial score (nSPS) is 10.9. The first-order valence-electron chi connectivity index (χ1n) is 7.33. The van der Waals surface area contributed by atoms with Crippen LogP contribution in [0.4, 0.5) is 10.5 Å². The number of carbonyl (C=O) groups is 1. The number of nitrogens with one attached hydrogen (secondary N) is 1. The van der Waals surface area contributed by atoms with Crippen molar-refractivity contribution < 1.29 is 9.21 Å². The second kappa shape index (κ2) is 7.09. The predicted molar refractivity (Wildman–Crippen MR) is 87.2 cm³/mol. The van der Waals surface area contributed by atoms with Gasteiger partial charge in [0.1, 0.15) is 5.58 Å². The highest BCUT2D eigenvalue weighted by Gasteiger charge is 2.15. The molecule has 118 valence electrons. The molecule has 22 heavy (non-hydrogen) atoms. The number of amides is 2. The Morgan fingerprint density at radius 2 is 1.91 bits per heavy atom. The molecule has 1 aromatic heterocycles. The van der Waals surface area contributed by atoms with Gasteiger partial charge in [-0.25, -0.2) is 9.59 Å². The Balaban J connectivity index is 2.24. The highest BCUT2D eigenvalue weighted by atomic mass is 16.4. The Kier molecular flexibility index (Phi) is 5.16. The molecular weight excluding hydrogens is 282 g/mol. The lowest BCUT2D eigenvalue weighted by Gasteiger charge is -2.23. The third-order valence-corrected chi connectivity index (χ3v) is 3.64. The van der Waals surface area contributed by atoms with Crippen molar-refractivity contribution in [1.29, 1.82) is 0 Å². The molecule has 1 aromatic carbocycles. The minimum absolute atomic E-state index is 0.261. The Hall–Kier alpha value is -2.34. The van der Waals surface area contributed by atoms with E-state index in [2.05, 4.69) is 10.2 Å². The number of benzene rings is 1. The summed E-state index contributed by atoms with van der Waals surface area (Å²) in [4.78, 5) is 27.5. The molecular formula is C16H21N3O3. The van der Waals surface area contributed by atoms with Crippen molar-refractivity contribution in [3.05, 3.63) is 40.8 Å². The SMILES string of the molecule is CCN(CC)CNC(=O)N(C)c1cc(=O)oc2ccccc12. The maximum atomic E-state index is 12.3. The molecule has 1 N–H and O–H groups in total. The monoisotopic (exact) mass is 303 g/mol. The van der Waals surface area contributed by atoms with Crippen LogP contribution in [0.5, 0.6) is 0 Å². The van der Waals surface area contributed by atoms with Crippen LogP contribution in [-0.4, -0.2) is 37.7 Å². The van der Waals surface area contributed by atoms with E-state index in [1.54, 1.807) is 19.2 Å². The van der Waals surface area contributed by atoms with Crippen LogP contribution >= 0.6 is 0 Å². The third kappa shape index (κ3) is 3.46. The number of urea groups is 1. The molecule has 2 rings (SSSR count). The first kappa shape index (κ1) is 16.0. The largest absolute Gasteiger partial charge is 0.423 e. The highest BCUT2D eigenvalue weighted by Crippen LogP contribution is 2.23. The molecule has 0 aliphatic heterocycles. The number of carbonyl (C=O) groups excluding carboxylic acids is 1. The number of hydrogen-bond donors (Lipinski definition) is 1. The Bertz CT molecular complexity index is 707. The van der Waals surface area contributed by atoms with Crippen LogP contribution in [0.15, 0.2) is 39.5 Å². The van der Waals surface area contributed by atoms with Gasteiger partial charge in [-0.3, -0.25) is 9.80 Å². The van der Waals surface area contributed by atoms with Gasteiger partial charge >= 0.3 is 11.7 Å². The number of anilines is 1. The maximum absolute atomic E-state index is 12.3. The van der Waals surface area contributed by atoms with Gasteiger partial charge in [0.15, 0.2) is 0 Å². The summed E-state index contributed by atoms with van der Waals surface area (Å²) in [6.45, 7) is 6.26. The zero-order valence-electron chi connectivity index (χ0n) is 13.1. The Morgan fingerprint density at radius 3 is 2.59 bits per heavy atom. The van der Waals surface area contributed by atoms with Crippen molar-refractivity contribution in [2.24, 2.45) is 0 Å². The van der Waals surface area contributed by atoms with Crippen LogP contribution in [0.1, 0.15) is 13.8 Å². The van der Waals surface area contributed by atoms with Gasteiger partial charge in [-0.1, -0.05) is 26.0 Å². The predicted octanol–water partition coefficient (Wildman–Crippen LogP) is 2.24. The fraction of sp³-hybridized carbons (Fsp3) is 0.375. The van der Waals surface area contributed by atoms with E-state index >= 15 is 0 Å². The molecule has 0 saturated carbocycles. The third-order valence-electron chi connectivity index (χ3n) is 3.64. The molecule has 0 saturated heterocycles. The molecule has 0 radical (unpaired) electrons. The van der Waals surface area contributed by atoms with E-state index in [9.17, 15) is 9.59 Å². The molecule has 6 heteroatoms. The van der Waals surface area contributed by atoms with Crippen molar-refractivity contribution in [3.63, 3.8) is 0 Å². The highest BCUT2D eigenvalue weighted by molar-refractivity contribution is 6.00. The maximum Gasteiger partial charge on any atom is 0.338 e. The van der Waals surface area contributed by atoms with Gasteiger partial charge < -0.3 is 9.73 Å². The molecule has 2 aromatic rings. The second-order valence-electron chi connectivity index (χ2n) is 4.95. The molecule has 0 bridgehead atoms. The second-order valence-corrected chi connectivity index (χ2v) is 4.95. The van der Waals surface area contributed by atoms with E-state index in [4.69, 9.17) is 4.42 Å². The fourth-order valence-corrected chi connectivity index (χ4v) is 2.23. The Labute approximate surface area is 129 Å². The average Bonchev–Trinajstić information content (AvgIpc) is 2.54. The lowest BCUT2D eigenvalue weighted by Crippen LogP contribution is -2.43. The topological polar surface area (TPSA) is 65.8 Å². The van der Waals surface area contributed by atoms with Crippen LogP contribution in [0.3, 0.4) is 0 Å². The molecule has 0 atom stereocenters. The number of fused-ring (bicyclic) bond motifs is 1. The summed E-state index contributed by atoms with van der Waals surface area (Å²) in [7, 11) is 1.64. The zero-order valence-corrected chi connectivity index (χ0v) is 13.1. The van der Waals surface area contributed by atoms with Crippen LogP contribution < -0.4 is 15.8 Å². The lowest BCUT2D eigenvalue weighted by atomic mass is 10.2. The van der Waals surface area contributed by atoms with E-state index in [1.165, 1.54) is 11.0 Å². The van der Waals surface area contributed by atoms with Crippen molar-refractivity contribution >= 4 is 22.7 Å². The minimum atomic E-state index is -0.475. The van der Waals surface area contributed by atoms with Crippen molar-refractivity contribution in [1.82, 2.24) is 10.2 Å². The smallest absolute Gasteiger partial charge is 0.338 e. The standard InChI is InChI=1S/C16H21N3O3/c1-4-19(5-2)11-17-16(21)18(3)13-10-15(20)22-14-9-7-6-8-12(13)14/h6-10H,4-5,11H2,1-3H3,(H,17,21). The lowest BCUT2D eigenvalue weighted by molar-refractivity contribution is 0.231. The Morgan fingerprint density at radius 1 is 1.23 bits per heavy atom. The summed E-state index contributed by atoms with van der Waals surface area (Å²) in [6.07, 6.45) is 0. The molecule has 0 spiro atoms. The molecule has 0 aliphatic rings. The quantitative estimate of drug-likeness (QED) is 0.679. The van der Waals surface area contributed by atoms with E-state index < -0.39 is 5.63 Å². The average molecular weight is 303 g/mol. The van der Waals surface area contributed by atoms with Gasteiger partial charge in [0.05, 0.1) is 12.4 Å². The van der Waals surface area contributed by atoms with Crippen molar-refractivity contribution in [2.75, 3.05) is 31.7 Å². The van der Waals surface area contributed by atoms with E-state index in [0.717, 1.165) is 18.5 Å². The summed E-state index contributed by atoms with van der Waals surface area (Å²) < 4.78 is 5.14. The van der Waals surface area contributed by atoms with Gasteiger partial charge in [0.25, 0.3) is 0 Å². The summed E-state index contributed by atoms with van der Waals surface area (Å²) in [5.74, 6) is 0. The van der Waals surface area contributed by atoms with Crippen molar-refractivity contribution in [3.8, 4) is 0 Å². The van der Waals surface area contributed by atoms with Crippen LogP contribution in [0.25, 0.3) is 11.0 Å². The molecule has 2 amide bonds. The zero-order chi connectivity index (χ0) is 16.1. The number of nitrogens with zero attached hydrogens (tertiary/aromatic N) is 2. The van der Waals surface area contributed by atoms with Gasteiger partial charge in [-0.05, 0) is 25.2 Å². The fourth-order valence-electron chi connectivity index (χ4n) is 2.23. The summed E-state index contributed by atoms with van der Waals surface area (Å²) >= 11 is 0. The number of hydrogen-bond acceptors (Lipinski definition) is 4.